The summed E-state index contributed by atoms with van der Waals surface area (Å²) >= 11 is 0. The molecule has 0 saturated carbocycles. The van der Waals surface area contributed by atoms with Crippen LogP contribution in [0.1, 0.15) is 20.3 Å². The van der Waals surface area contributed by atoms with Gasteiger partial charge in [-0.05, 0) is 18.4 Å². The maximum Gasteiger partial charge on any atom is 0.305 e. The van der Waals surface area contributed by atoms with E-state index in [2.05, 4.69) is 4.74 Å². The highest BCUT2D eigenvalue weighted by molar-refractivity contribution is 5.69. The molecule has 0 saturated heterocycles. The molecule has 0 spiro atoms. The van der Waals surface area contributed by atoms with Crippen LogP contribution in [0.5, 0.6) is 0 Å². The second-order valence-electron chi connectivity index (χ2n) is 2.97. The molecule has 0 amide bonds. The summed E-state index contributed by atoms with van der Waals surface area (Å²) in [6, 6.07) is 0. The molecule has 2 N–H and O–H groups in total. The molecule has 0 fully saturated rings. The molecule has 2 atom stereocenters. The van der Waals surface area contributed by atoms with Gasteiger partial charge in [-0.3, -0.25) is 4.79 Å². The van der Waals surface area contributed by atoms with E-state index in [1.165, 1.54) is 7.11 Å². The van der Waals surface area contributed by atoms with E-state index in [0.29, 0.717) is 24.8 Å². The molecular formula is C8H17NO2. The Bertz CT molecular complexity index is 125. The minimum atomic E-state index is -0.155. The molecule has 11 heavy (non-hydrogen) atoms. The highest BCUT2D eigenvalue weighted by Crippen LogP contribution is 2.13. The molecule has 0 heterocycles. The van der Waals surface area contributed by atoms with Crippen LogP contribution in [0.2, 0.25) is 0 Å². The second kappa shape index (κ2) is 5.13. The zero-order valence-corrected chi connectivity index (χ0v) is 7.46. The van der Waals surface area contributed by atoms with Crippen molar-refractivity contribution in [3.05, 3.63) is 0 Å². The lowest BCUT2D eigenvalue weighted by Gasteiger charge is -2.15. The van der Waals surface area contributed by atoms with Crippen molar-refractivity contribution < 1.29 is 9.53 Å². The monoisotopic (exact) mass is 159 g/mol. The first-order valence-electron chi connectivity index (χ1n) is 3.88. The maximum atomic E-state index is 10.8. The van der Waals surface area contributed by atoms with Crippen LogP contribution >= 0.6 is 0 Å². The van der Waals surface area contributed by atoms with Gasteiger partial charge in [-0.2, -0.15) is 0 Å². The number of rotatable bonds is 4. The van der Waals surface area contributed by atoms with E-state index in [9.17, 15) is 4.79 Å². The van der Waals surface area contributed by atoms with Crippen molar-refractivity contribution in [1.82, 2.24) is 0 Å². The lowest BCUT2D eigenvalue weighted by molar-refractivity contribution is -0.141. The molecular weight excluding hydrogens is 142 g/mol. The normalized spacial score (nSPS) is 15.6. The van der Waals surface area contributed by atoms with E-state index in [0.717, 1.165) is 0 Å². The predicted molar refractivity (Wildman–Crippen MR) is 44.0 cm³/mol. The van der Waals surface area contributed by atoms with Gasteiger partial charge in [0.25, 0.3) is 0 Å². The summed E-state index contributed by atoms with van der Waals surface area (Å²) < 4.78 is 4.54. The predicted octanol–water partition coefficient (Wildman–Crippen LogP) is 0.780. The Morgan fingerprint density at radius 2 is 2.00 bits per heavy atom. The van der Waals surface area contributed by atoms with Gasteiger partial charge in [0.15, 0.2) is 0 Å². The Kier molecular flexibility index (Phi) is 4.86. The van der Waals surface area contributed by atoms with Crippen LogP contribution in [0.15, 0.2) is 0 Å². The van der Waals surface area contributed by atoms with Crippen molar-refractivity contribution in [3.8, 4) is 0 Å². The molecule has 66 valence electrons. The Morgan fingerprint density at radius 3 is 2.36 bits per heavy atom. The Labute approximate surface area is 67.9 Å². The molecule has 3 heteroatoms. The van der Waals surface area contributed by atoms with Crippen LogP contribution in [0.3, 0.4) is 0 Å². The quantitative estimate of drug-likeness (QED) is 0.617. The van der Waals surface area contributed by atoms with E-state index in [4.69, 9.17) is 5.73 Å². The van der Waals surface area contributed by atoms with E-state index in [1.54, 1.807) is 0 Å². The van der Waals surface area contributed by atoms with E-state index >= 15 is 0 Å². The SMILES string of the molecule is COC(=O)CC(C)C(C)CN. The molecule has 0 aromatic heterocycles. The Hall–Kier alpha value is -0.570. The number of esters is 1. The summed E-state index contributed by atoms with van der Waals surface area (Å²) in [5.41, 5.74) is 5.44. The summed E-state index contributed by atoms with van der Waals surface area (Å²) in [7, 11) is 1.40. The molecule has 0 aliphatic rings. The third kappa shape index (κ3) is 3.98. The molecule has 0 aliphatic heterocycles. The van der Waals surface area contributed by atoms with Crippen LogP contribution in [0.25, 0.3) is 0 Å². The first kappa shape index (κ1) is 10.4. The summed E-state index contributed by atoms with van der Waals surface area (Å²) in [4.78, 5) is 10.8. The second-order valence-corrected chi connectivity index (χ2v) is 2.97. The van der Waals surface area contributed by atoms with Gasteiger partial charge in [0.1, 0.15) is 0 Å². The van der Waals surface area contributed by atoms with Gasteiger partial charge >= 0.3 is 5.97 Å². The zero-order valence-electron chi connectivity index (χ0n) is 7.46. The van der Waals surface area contributed by atoms with Crippen LogP contribution in [0, 0.1) is 11.8 Å². The number of nitrogens with two attached hydrogens (primary N) is 1. The van der Waals surface area contributed by atoms with Gasteiger partial charge in [-0.1, -0.05) is 13.8 Å². The van der Waals surface area contributed by atoms with Gasteiger partial charge in [-0.25, -0.2) is 0 Å². The fraction of sp³-hybridized carbons (Fsp3) is 0.875. The molecule has 0 aliphatic carbocycles. The van der Waals surface area contributed by atoms with Crippen molar-refractivity contribution in [2.45, 2.75) is 20.3 Å². The summed E-state index contributed by atoms with van der Waals surface area (Å²) in [5, 5.41) is 0. The van der Waals surface area contributed by atoms with Crippen molar-refractivity contribution in [2.24, 2.45) is 17.6 Å². The van der Waals surface area contributed by atoms with Gasteiger partial charge in [0.05, 0.1) is 7.11 Å². The maximum absolute atomic E-state index is 10.8. The van der Waals surface area contributed by atoms with Crippen molar-refractivity contribution in [2.75, 3.05) is 13.7 Å². The van der Waals surface area contributed by atoms with Crippen LogP contribution in [-0.4, -0.2) is 19.6 Å². The minimum Gasteiger partial charge on any atom is -0.469 e. The molecule has 0 radical (unpaired) electrons. The van der Waals surface area contributed by atoms with Gasteiger partial charge < -0.3 is 10.5 Å². The van der Waals surface area contributed by atoms with E-state index in [1.807, 2.05) is 13.8 Å². The number of hydrogen-bond acceptors (Lipinski definition) is 3. The molecule has 0 aromatic carbocycles. The first-order valence-corrected chi connectivity index (χ1v) is 3.88. The molecule has 0 rings (SSSR count). The third-order valence-corrected chi connectivity index (χ3v) is 2.06. The average molecular weight is 159 g/mol. The Balaban J connectivity index is 3.67. The highest BCUT2D eigenvalue weighted by atomic mass is 16.5. The molecule has 0 bridgehead atoms. The lowest BCUT2D eigenvalue weighted by atomic mass is 9.93. The summed E-state index contributed by atoms with van der Waals surface area (Å²) in [6.45, 7) is 4.67. The number of carbonyl (C=O) groups excluding carboxylic acids is 1. The fourth-order valence-electron chi connectivity index (χ4n) is 0.780. The topological polar surface area (TPSA) is 52.3 Å². The number of hydrogen-bond donors (Lipinski definition) is 1. The third-order valence-electron chi connectivity index (χ3n) is 2.06. The fourth-order valence-corrected chi connectivity index (χ4v) is 0.780. The standard InChI is InChI=1S/C8H17NO2/c1-6(7(2)5-9)4-8(10)11-3/h6-7H,4-5,9H2,1-3H3. The van der Waals surface area contributed by atoms with E-state index < -0.39 is 0 Å². The zero-order chi connectivity index (χ0) is 8.85. The van der Waals surface area contributed by atoms with Gasteiger partial charge in [0, 0.05) is 6.42 Å². The lowest BCUT2D eigenvalue weighted by Crippen LogP contribution is -2.21. The number of methoxy groups -OCH3 is 1. The van der Waals surface area contributed by atoms with Gasteiger partial charge in [-0.15, -0.1) is 0 Å². The smallest absolute Gasteiger partial charge is 0.305 e. The highest BCUT2D eigenvalue weighted by Gasteiger charge is 2.14. The van der Waals surface area contributed by atoms with Gasteiger partial charge in [0.2, 0.25) is 0 Å². The van der Waals surface area contributed by atoms with Crippen LogP contribution in [-0.2, 0) is 9.53 Å². The van der Waals surface area contributed by atoms with Crippen molar-refractivity contribution in [3.63, 3.8) is 0 Å². The average Bonchev–Trinajstić information content (AvgIpc) is 2.02. The summed E-state index contributed by atoms with van der Waals surface area (Å²) in [5.74, 6) is 0.541. The van der Waals surface area contributed by atoms with Crippen LogP contribution < -0.4 is 5.73 Å². The minimum absolute atomic E-state index is 0.155. The van der Waals surface area contributed by atoms with E-state index in [-0.39, 0.29) is 5.97 Å². The number of carbonyl (C=O) groups is 1. The molecule has 0 aromatic rings. The Morgan fingerprint density at radius 1 is 1.45 bits per heavy atom. The van der Waals surface area contributed by atoms with Crippen molar-refractivity contribution in [1.29, 1.82) is 0 Å². The first-order chi connectivity index (χ1) is 5.11. The number of ether oxygens (including phenoxy) is 1. The molecule has 3 nitrogen and oxygen atoms in total. The molecule has 2 unspecified atom stereocenters. The summed E-state index contributed by atoms with van der Waals surface area (Å²) in [6.07, 6.45) is 0.467. The van der Waals surface area contributed by atoms with Crippen molar-refractivity contribution >= 4 is 5.97 Å². The largest absolute Gasteiger partial charge is 0.469 e. The van der Waals surface area contributed by atoms with Crippen LogP contribution in [0.4, 0.5) is 0 Å².